The number of hydrogen-bond donors (Lipinski definition) is 1. The van der Waals surface area contributed by atoms with Crippen LogP contribution in [0.15, 0.2) is 18.3 Å². The molecule has 4 aliphatic rings. The van der Waals surface area contributed by atoms with Gasteiger partial charge in [0.1, 0.15) is 11.6 Å². The standard InChI is InChI=1S/C17H22N2O/c18-16-14(2-1-3-19-16)7-15(20)17-8-11-4-12(9-17)6-13(5-11)10-17/h1-3,11-13H,4-10H2,(H2,18,19). The van der Waals surface area contributed by atoms with Crippen molar-refractivity contribution in [3.05, 3.63) is 23.9 Å². The minimum Gasteiger partial charge on any atom is -0.383 e. The van der Waals surface area contributed by atoms with E-state index in [0.717, 1.165) is 42.6 Å². The highest BCUT2D eigenvalue weighted by atomic mass is 16.1. The van der Waals surface area contributed by atoms with Gasteiger partial charge in [0.05, 0.1) is 0 Å². The molecule has 0 aliphatic heterocycles. The van der Waals surface area contributed by atoms with Crippen LogP contribution in [0.5, 0.6) is 0 Å². The Labute approximate surface area is 120 Å². The number of nitrogen functional groups attached to an aromatic ring is 1. The van der Waals surface area contributed by atoms with E-state index in [0.29, 0.717) is 18.0 Å². The summed E-state index contributed by atoms with van der Waals surface area (Å²) in [5.41, 5.74) is 6.79. The van der Waals surface area contributed by atoms with Crippen molar-refractivity contribution < 1.29 is 4.79 Å². The molecule has 3 heteroatoms. The Morgan fingerprint density at radius 3 is 2.35 bits per heavy atom. The van der Waals surface area contributed by atoms with Gasteiger partial charge in [-0.3, -0.25) is 4.79 Å². The summed E-state index contributed by atoms with van der Waals surface area (Å²) in [5.74, 6) is 3.39. The lowest BCUT2D eigenvalue weighted by Crippen LogP contribution is -2.50. The van der Waals surface area contributed by atoms with Crippen molar-refractivity contribution in [2.24, 2.45) is 23.2 Å². The average Bonchev–Trinajstić information content (AvgIpc) is 2.40. The molecule has 0 unspecified atom stereocenters. The van der Waals surface area contributed by atoms with E-state index in [9.17, 15) is 4.79 Å². The lowest BCUT2D eigenvalue weighted by Gasteiger charge is -2.56. The third kappa shape index (κ3) is 1.87. The van der Waals surface area contributed by atoms with E-state index >= 15 is 0 Å². The van der Waals surface area contributed by atoms with Crippen molar-refractivity contribution in [3.63, 3.8) is 0 Å². The van der Waals surface area contributed by atoms with Gasteiger partial charge in [-0.1, -0.05) is 6.07 Å². The van der Waals surface area contributed by atoms with Crippen molar-refractivity contribution in [3.8, 4) is 0 Å². The maximum atomic E-state index is 12.9. The van der Waals surface area contributed by atoms with Crippen LogP contribution < -0.4 is 5.73 Å². The molecule has 4 aliphatic carbocycles. The number of hydrogen-bond acceptors (Lipinski definition) is 3. The van der Waals surface area contributed by atoms with E-state index in [-0.39, 0.29) is 5.41 Å². The van der Waals surface area contributed by atoms with E-state index < -0.39 is 0 Å². The Hall–Kier alpha value is -1.38. The molecule has 3 nitrogen and oxygen atoms in total. The van der Waals surface area contributed by atoms with Crippen molar-refractivity contribution in [2.45, 2.75) is 44.9 Å². The Balaban J connectivity index is 1.58. The molecule has 1 aromatic heterocycles. The van der Waals surface area contributed by atoms with Crippen molar-refractivity contribution in [1.82, 2.24) is 4.98 Å². The maximum absolute atomic E-state index is 12.9. The Morgan fingerprint density at radius 2 is 1.80 bits per heavy atom. The lowest BCUT2D eigenvalue weighted by molar-refractivity contribution is -0.143. The first-order valence-electron chi connectivity index (χ1n) is 7.87. The zero-order chi connectivity index (χ0) is 13.7. The molecule has 4 saturated carbocycles. The van der Waals surface area contributed by atoms with Gasteiger partial charge in [0, 0.05) is 23.6 Å². The van der Waals surface area contributed by atoms with Crippen LogP contribution in [-0.4, -0.2) is 10.8 Å². The number of ketones is 1. The van der Waals surface area contributed by atoms with Gasteiger partial charge in [0.25, 0.3) is 0 Å². The predicted molar refractivity (Wildman–Crippen MR) is 78.0 cm³/mol. The smallest absolute Gasteiger partial charge is 0.143 e. The zero-order valence-electron chi connectivity index (χ0n) is 11.8. The molecule has 4 fully saturated rings. The first-order chi connectivity index (χ1) is 9.64. The van der Waals surface area contributed by atoms with E-state index in [1.807, 2.05) is 12.1 Å². The van der Waals surface area contributed by atoms with E-state index in [1.165, 1.54) is 19.3 Å². The monoisotopic (exact) mass is 270 g/mol. The highest BCUT2D eigenvalue weighted by Gasteiger charge is 2.54. The summed E-state index contributed by atoms with van der Waals surface area (Å²) >= 11 is 0. The van der Waals surface area contributed by atoms with Crippen molar-refractivity contribution >= 4 is 11.6 Å². The predicted octanol–water partition coefficient (Wildman–Crippen LogP) is 2.99. The molecule has 0 amide bonds. The molecule has 0 atom stereocenters. The van der Waals surface area contributed by atoms with Gasteiger partial charge in [0.2, 0.25) is 0 Å². The molecule has 0 spiro atoms. The van der Waals surface area contributed by atoms with Crippen LogP contribution >= 0.6 is 0 Å². The molecular weight excluding hydrogens is 248 g/mol. The van der Waals surface area contributed by atoms with Crippen molar-refractivity contribution in [1.29, 1.82) is 0 Å². The Morgan fingerprint density at radius 1 is 1.20 bits per heavy atom. The van der Waals surface area contributed by atoms with Gasteiger partial charge in [-0.25, -0.2) is 4.98 Å². The number of carbonyl (C=O) groups excluding carboxylic acids is 1. The van der Waals surface area contributed by atoms with Gasteiger partial charge in [-0.05, 0) is 62.3 Å². The molecule has 4 bridgehead atoms. The van der Waals surface area contributed by atoms with Gasteiger partial charge in [-0.2, -0.15) is 0 Å². The molecule has 1 aromatic rings. The molecule has 2 N–H and O–H groups in total. The number of nitrogens with zero attached hydrogens (tertiary/aromatic N) is 1. The number of carbonyl (C=O) groups is 1. The van der Waals surface area contributed by atoms with Crippen LogP contribution in [0.2, 0.25) is 0 Å². The summed E-state index contributed by atoms with van der Waals surface area (Å²) < 4.78 is 0. The molecule has 20 heavy (non-hydrogen) atoms. The third-order valence-electron chi connectivity index (χ3n) is 5.91. The van der Waals surface area contributed by atoms with Crippen LogP contribution in [0.1, 0.15) is 44.1 Å². The number of pyridine rings is 1. The first kappa shape index (κ1) is 12.4. The number of Topliss-reactive ketones (excluding diaryl/α,β-unsaturated/α-hetero) is 1. The second-order valence-corrected chi connectivity index (χ2v) is 7.35. The fourth-order valence-electron chi connectivity index (χ4n) is 5.41. The Kier molecular flexibility index (Phi) is 2.66. The van der Waals surface area contributed by atoms with Gasteiger partial charge in [0.15, 0.2) is 0 Å². The lowest BCUT2D eigenvalue weighted by atomic mass is 9.48. The summed E-state index contributed by atoms with van der Waals surface area (Å²) in [6.07, 6.45) is 9.71. The topological polar surface area (TPSA) is 56.0 Å². The summed E-state index contributed by atoms with van der Waals surface area (Å²) in [6.45, 7) is 0. The fourth-order valence-corrected chi connectivity index (χ4v) is 5.41. The van der Waals surface area contributed by atoms with Crippen LogP contribution in [0.25, 0.3) is 0 Å². The fraction of sp³-hybridized carbons (Fsp3) is 0.647. The third-order valence-corrected chi connectivity index (χ3v) is 5.91. The molecule has 0 radical (unpaired) electrons. The molecule has 0 saturated heterocycles. The number of anilines is 1. The van der Waals surface area contributed by atoms with Crippen LogP contribution in [0.3, 0.4) is 0 Å². The molecule has 5 rings (SSSR count). The van der Waals surface area contributed by atoms with Crippen LogP contribution in [0.4, 0.5) is 5.82 Å². The quantitative estimate of drug-likeness (QED) is 0.918. The molecular formula is C17H22N2O. The second kappa shape index (κ2) is 4.31. The zero-order valence-corrected chi connectivity index (χ0v) is 11.8. The van der Waals surface area contributed by atoms with E-state index in [1.54, 1.807) is 6.20 Å². The highest BCUT2D eigenvalue weighted by Crippen LogP contribution is 2.60. The highest BCUT2D eigenvalue weighted by molar-refractivity contribution is 5.88. The van der Waals surface area contributed by atoms with Gasteiger partial charge >= 0.3 is 0 Å². The Bertz CT molecular complexity index is 516. The van der Waals surface area contributed by atoms with E-state index in [4.69, 9.17) is 5.73 Å². The van der Waals surface area contributed by atoms with Crippen LogP contribution in [0, 0.1) is 23.2 Å². The SMILES string of the molecule is Nc1ncccc1CC(=O)C12CC3CC(CC(C3)C1)C2. The summed E-state index contributed by atoms with van der Waals surface area (Å²) in [4.78, 5) is 17.0. The number of nitrogens with two attached hydrogens (primary N) is 1. The molecule has 0 aromatic carbocycles. The van der Waals surface area contributed by atoms with E-state index in [2.05, 4.69) is 4.98 Å². The summed E-state index contributed by atoms with van der Waals surface area (Å²) in [5, 5.41) is 0. The number of rotatable bonds is 3. The van der Waals surface area contributed by atoms with Gasteiger partial charge < -0.3 is 5.73 Å². The second-order valence-electron chi connectivity index (χ2n) is 7.35. The largest absolute Gasteiger partial charge is 0.383 e. The number of aromatic nitrogens is 1. The van der Waals surface area contributed by atoms with Crippen LogP contribution in [-0.2, 0) is 11.2 Å². The van der Waals surface area contributed by atoms with Gasteiger partial charge in [-0.15, -0.1) is 0 Å². The summed E-state index contributed by atoms with van der Waals surface area (Å²) in [6, 6.07) is 3.82. The minimum atomic E-state index is -0.0168. The minimum absolute atomic E-state index is 0.0168. The summed E-state index contributed by atoms with van der Waals surface area (Å²) in [7, 11) is 0. The molecule has 1 heterocycles. The normalized spacial score (nSPS) is 38.1. The first-order valence-corrected chi connectivity index (χ1v) is 7.87. The maximum Gasteiger partial charge on any atom is 0.143 e. The average molecular weight is 270 g/mol. The van der Waals surface area contributed by atoms with Crippen molar-refractivity contribution in [2.75, 3.05) is 5.73 Å². The molecule has 106 valence electrons.